The Morgan fingerprint density at radius 2 is 2.50 bits per heavy atom. The van der Waals surface area contributed by atoms with E-state index in [1.807, 2.05) is 6.92 Å². The lowest BCUT2D eigenvalue weighted by molar-refractivity contribution is -0.137. The average molecular weight is 169 g/mol. The van der Waals surface area contributed by atoms with Gasteiger partial charge in [-0.15, -0.1) is 0 Å². The van der Waals surface area contributed by atoms with Gasteiger partial charge in [-0.3, -0.25) is 4.79 Å². The SMILES string of the molecule is Cc1ocnc1C(C)CC(=O)O. The number of aryl methyl sites for hydroxylation is 1. The minimum atomic E-state index is -0.815. The van der Waals surface area contributed by atoms with Crippen molar-refractivity contribution in [1.82, 2.24) is 4.98 Å². The maximum Gasteiger partial charge on any atom is 0.304 e. The maximum absolute atomic E-state index is 10.4. The molecule has 0 spiro atoms. The first kappa shape index (κ1) is 8.77. The summed E-state index contributed by atoms with van der Waals surface area (Å²) in [6, 6.07) is 0. The summed E-state index contributed by atoms with van der Waals surface area (Å²) in [5, 5.41) is 8.52. The van der Waals surface area contributed by atoms with E-state index in [4.69, 9.17) is 9.52 Å². The number of hydrogen-bond donors (Lipinski definition) is 1. The van der Waals surface area contributed by atoms with Crippen LogP contribution in [-0.4, -0.2) is 16.1 Å². The van der Waals surface area contributed by atoms with Gasteiger partial charge in [-0.05, 0) is 6.92 Å². The Morgan fingerprint density at radius 3 is 2.92 bits per heavy atom. The Labute approximate surface area is 70.2 Å². The van der Waals surface area contributed by atoms with Crippen molar-refractivity contribution in [1.29, 1.82) is 0 Å². The minimum absolute atomic E-state index is 0.0822. The highest BCUT2D eigenvalue weighted by molar-refractivity contribution is 5.67. The van der Waals surface area contributed by atoms with Crippen LogP contribution in [0.25, 0.3) is 0 Å². The normalized spacial score (nSPS) is 12.8. The summed E-state index contributed by atoms with van der Waals surface area (Å²) in [6.07, 6.45) is 1.43. The molecule has 1 aromatic rings. The number of carbonyl (C=O) groups is 1. The van der Waals surface area contributed by atoms with E-state index in [1.165, 1.54) is 6.39 Å². The predicted molar refractivity (Wildman–Crippen MR) is 41.9 cm³/mol. The standard InChI is InChI=1S/C8H11NO3/c1-5(3-7(10)11)8-6(2)12-4-9-8/h4-5H,3H2,1-2H3,(H,10,11). The topological polar surface area (TPSA) is 63.3 Å². The van der Waals surface area contributed by atoms with Crippen LogP contribution in [-0.2, 0) is 4.79 Å². The third kappa shape index (κ3) is 1.84. The van der Waals surface area contributed by atoms with Gasteiger partial charge < -0.3 is 9.52 Å². The van der Waals surface area contributed by atoms with E-state index in [9.17, 15) is 4.79 Å². The van der Waals surface area contributed by atoms with E-state index in [0.717, 1.165) is 5.69 Å². The van der Waals surface area contributed by atoms with Crippen molar-refractivity contribution >= 4 is 5.97 Å². The Kier molecular flexibility index (Phi) is 2.47. The maximum atomic E-state index is 10.4. The summed E-state index contributed by atoms with van der Waals surface area (Å²) in [7, 11) is 0. The second-order valence-electron chi connectivity index (χ2n) is 2.79. The molecule has 0 aromatic carbocycles. The molecule has 1 aromatic heterocycles. The third-order valence-corrected chi connectivity index (χ3v) is 1.73. The van der Waals surface area contributed by atoms with Gasteiger partial charge in [-0.1, -0.05) is 6.92 Å². The molecule has 1 unspecified atom stereocenters. The van der Waals surface area contributed by atoms with Gasteiger partial charge >= 0.3 is 5.97 Å². The second kappa shape index (κ2) is 3.38. The molecule has 0 saturated carbocycles. The van der Waals surface area contributed by atoms with Crippen molar-refractivity contribution in [2.45, 2.75) is 26.2 Å². The number of aliphatic carboxylic acids is 1. The van der Waals surface area contributed by atoms with Gasteiger partial charge in [-0.2, -0.15) is 0 Å². The minimum Gasteiger partial charge on any atom is -0.481 e. The van der Waals surface area contributed by atoms with Gasteiger partial charge in [0.1, 0.15) is 5.76 Å². The van der Waals surface area contributed by atoms with Crippen LogP contribution in [0, 0.1) is 6.92 Å². The molecule has 4 nitrogen and oxygen atoms in total. The zero-order valence-corrected chi connectivity index (χ0v) is 7.07. The lowest BCUT2D eigenvalue weighted by atomic mass is 10.0. The Hall–Kier alpha value is -1.32. The van der Waals surface area contributed by atoms with E-state index < -0.39 is 5.97 Å². The summed E-state index contributed by atoms with van der Waals surface area (Å²) in [6.45, 7) is 3.60. The molecule has 1 heterocycles. The molecule has 0 radical (unpaired) electrons. The molecular formula is C8H11NO3. The largest absolute Gasteiger partial charge is 0.481 e. The number of rotatable bonds is 3. The number of oxazole rings is 1. The first-order valence-corrected chi connectivity index (χ1v) is 3.73. The molecular weight excluding hydrogens is 158 g/mol. The van der Waals surface area contributed by atoms with Crippen LogP contribution in [0.2, 0.25) is 0 Å². The van der Waals surface area contributed by atoms with Crippen LogP contribution in [0.4, 0.5) is 0 Å². The average Bonchev–Trinajstić information content (AvgIpc) is 2.33. The molecule has 0 fully saturated rings. The fraction of sp³-hybridized carbons (Fsp3) is 0.500. The quantitative estimate of drug-likeness (QED) is 0.745. The molecule has 0 amide bonds. The molecule has 0 aliphatic carbocycles. The predicted octanol–water partition coefficient (Wildman–Crippen LogP) is 1.56. The Bertz CT molecular complexity index is 280. The molecule has 0 aliphatic rings. The summed E-state index contributed by atoms with van der Waals surface area (Å²) in [5.41, 5.74) is 0.734. The van der Waals surface area contributed by atoms with E-state index in [1.54, 1.807) is 6.92 Å². The van der Waals surface area contributed by atoms with Gasteiger partial charge in [0.05, 0.1) is 12.1 Å². The van der Waals surface area contributed by atoms with Gasteiger partial charge in [0, 0.05) is 5.92 Å². The monoisotopic (exact) mass is 169 g/mol. The fourth-order valence-corrected chi connectivity index (χ4v) is 1.15. The highest BCUT2D eigenvalue weighted by Gasteiger charge is 2.15. The lowest BCUT2D eigenvalue weighted by Gasteiger charge is -2.04. The smallest absolute Gasteiger partial charge is 0.304 e. The Balaban J connectivity index is 2.71. The zero-order chi connectivity index (χ0) is 9.14. The highest BCUT2D eigenvalue weighted by atomic mass is 16.4. The third-order valence-electron chi connectivity index (χ3n) is 1.73. The molecule has 4 heteroatoms. The lowest BCUT2D eigenvalue weighted by Crippen LogP contribution is -2.04. The van der Waals surface area contributed by atoms with Crippen LogP contribution in [0.5, 0.6) is 0 Å². The van der Waals surface area contributed by atoms with Crippen LogP contribution in [0.3, 0.4) is 0 Å². The number of nitrogens with zero attached hydrogens (tertiary/aromatic N) is 1. The van der Waals surface area contributed by atoms with Crippen molar-refractivity contribution in [2.24, 2.45) is 0 Å². The first-order valence-electron chi connectivity index (χ1n) is 3.73. The van der Waals surface area contributed by atoms with Crippen LogP contribution in [0.15, 0.2) is 10.8 Å². The molecule has 1 rings (SSSR count). The molecule has 1 N–H and O–H groups in total. The molecule has 66 valence electrons. The molecule has 12 heavy (non-hydrogen) atoms. The van der Waals surface area contributed by atoms with Gasteiger partial charge in [0.2, 0.25) is 0 Å². The van der Waals surface area contributed by atoms with E-state index in [-0.39, 0.29) is 12.3 Å². The molecule has 0 aliphatic heterocycles. The van der Waals surface area contributed by atoms with E-state index in [2.05, 4.69) is 4.98 Å². The number of carboxylic acids is 1. The summed E-state index contributed by atoms with van der Waals surface area (Å²) >= 11 is 0. The van der Waals surface area contributed by atoms with Gasteiger partial charge in [0.15, 0.2) is 6.39 Å². The van der Waals surface area contributed by atoms with Crippen molar-refractivity contribution in [3.63, 3.8) is 0 Å². The van der Waals surface area contributed by atoms with Crippen molar-refractivity contribution in [2.75, 3.05) is 0 Å². The summed E-state index contributed by atoms with van der Waals surface area (Å²) in [4.78, 5) is 14.3. The van der Waals surface area contributed by atoms with Crippen LogP contribution in [0.1, 0.15) is 30.7 Å². The number of carboxylic acid groups (broad SMARTS) is 1. The zero-order valence-electron chi connectivity index (χ0n) is 7.07. The molecule has 1 atom stereocenters. The van der Waals surface area contributed by atoms with Gasteiger partial charge in [0.25, 0.3) is 0 Å². The molecule has 0 saturated heterocycles. The number of hydrogen-bond acceptors (Lipinski definition) is 3. The van der Waals surface area contributed by atoms with Crippen molar-refractivity contribution in [3.8, 4) is 0 Å². The summed E-state index contributed by atoms with van der Waals surface area (Å²) < 4.78 is 4.96. The van der Waals surface area contributed by atoms with Gasteiger partial charge in [-0.25, -0.2) is 4.98 Å². The first-order chi connectivity index (χ1) is 5.61. The second-order valence-corrected chi connectivity index (χ2v) is 2.79. The fourth-order valence-electron chi connectivity index (χ4n) is 1.15. The van der Waals surface area contributed by atoms with Crippen molar-refractivity contribution < 1.29 is 14.3 Å². The number of aromatic nitrogens is 1. The Morgan fingerprint density at radius 1 is 1.83 bits per heavy atom. The van der Waals surface area contributed by atoms with E-state index in [0.29, 0.717) is 5.76 Å². The van der Waals surface area contributed by atoms with Crippen molar-refractivity contribution in [3.05, 3.63) is 17.8 Å². The summed E-state index contributed by atoms with van der Waals surface area (Å²) in [5.74, 6) is -0.199. The highest BCUT2D eigenvalue weighted by Crippen LogP contribution is 2.20. The molecule has 0 bridgehead atoms. The van der Waals surface area contributed by atoms with Crippen LogP contribution >= 0.6 is 0 Å². The van der Waals surface area contributed by atoms with E-state index >= 15 is 0 Å². The van der Waals surface area contributed by atoms with Crippen LogP contribution < -0.4 is 0 Å².